The molecule has 12 heavy (non-hydrogen) atoms. The Morgan fingerprint density at radius 2 is 2.42 bits per heavy atom. The van der Waals surface area contributed by atoms with Crippen LogP contribution in [0, 0.1) is 0 Å². The Kier molecular flexibility index (Phi) is 2.30. The van der Waals surface area contributed by atoms with Gasteiger partial charge in [-0.1, -0.05) is 0 Å². The maximum Gasteiger partial charge on any atom is 0.332 e. The van der Waals surface area contributed by atoms with E-state index >= 15 is 0 Å². The van der Waals surface area contributed by atoms with Gasteiger partial charge in [0, 0.05) is 0 Å². The van der Waals surface area contributed by atoms with Gasteiger partial charge in [-0.25, -0.2) is 9.86 Å². The number of amides is 1. The summed E-state index contributed by atoms with van der Waals surface area (Å²) in [5, 5.41) is 9.21. The standard InChI is InChI=1S/C6H10N2O4/c1-3-5(7)6(11)8(3)12-2-4(9)10/h3,5H,2,7H2,1H3,(H,9,10)/t3-,5+/m1/s1. The molecule has 0 aromatic heterocycles. The molecule has 2 atom stereocenters. The monoisotopic (exact) mass is 174 g/mol. The van der Waals surface area contributed by atoms with E-state index in [1.54, 1.807) is 6.92 Å². The van der Waals surface area contributed by atoms with E-state index in [1.807, 2.05) is 0 Å². The van der Waals surface area contributed by atoms with Crippen LogP contribution in [-0.2, 0) is 14.4 Å². The topological polar surface area (TPSA) is 92.9 Å². The zero-order chi connectivity index (χ0) is 9.30. The lowest BCUT2D eigenvalue weighted by molar-refractivity contribution is -0.230. The maximum absolute atomic E-state index is 10.9. The Bertz CT molecular complexity index is 218. The summed E-state index contributed by atoms with van der Waals surface area (Å²) in [6.45, 7) is 1.18. The summed E-state index contributed by atoms with van der Waals surface area (Å²) in [6, 6.07) is -0.796. The first-order valence-electron chi connectivity index (χ1n) is 3.47. The van der Waals surface area contributed by atoms with Crippen molar-refractivity contribution in [1.82, 2.24) is 5.06 Å². The van der Waals surface area contributed by atoms with Gasteiger partial charge in [0.1, 0.15) is 6.04 Å². The number of hydrogen-bond acceptors (Lipinski definition) is 4. The molecule has 0 aromatic carbocycles. The summed E-state index contributed by atoms with van der Waals surface area (Å²) >= 11 is 0. The van der Waals surface area contributed by atoms with Gasteiger partial charge in [-0.2, -0.15) is 0 Å². The van der Waals surface area contributed by atoms with Crippen molar-refractivity contribution in [2.45, 2.75) is 19.0 Å². The molecule has 0 saturated carbocycles. The number of rotatable bonds is 3. The fourth-order valence-electron chi connectivity index (χ4n) is 0.924. The number of carbonyl (C=O) groups is 2. The van der Waals surface area contributed by atoms with Crippen molar-refractivity contribution < 1.29 is 19.5 Å². The van der Waals surface area contributed by atoms with Crippen LogP contribution in [0.1, 0.15) is 6.92 Å². The third-order valence-electron chi connectivity index (χ3n) is 1.72. The highest BCUT2D eigenvalue weighted by molar-refractivity contribution is 5.88. The van der Waals surface area contributed by atoms with Gasteiger partial charge in [-0.05, 0) is 6.92 Å². The molecule has 0 aromatic rings. The highest BCUT2D eigenvalue weighted by Gasteiger charge is 2.43. The van der Waals surface area contributed by atoms with E-state index in [2.05, 4.69) is 4.84 Å². The van der Waals surface area contributed by atoms with Crippen LogP contribution < -0.4 is 5.73 Å². The smallest absolute Gasteiger partial charge is 0.332 e. The minimum absolute atomic E-state index is 0.239. The largest absolute Gasteiger partial charge is 0.479 e. The molecule has 0 spiro atoms. The van der Waals surface area contributed by atoms with E-state index in [4.69, 9.17) is 10.8 Å². The first-order chi connectivity index (χ1) is 5.54. The van der Waals surface area contributed by atoms with Gasteiger partial charge in [-0.15, -0.1) is 0 Å². The van der Waals surface area contributed by atoms with E-state index < -0.39 is 18.6 Å². The Morgan fingerprint density at radius 3 is 2.83 bits per heavy atom. The Balaban J connectivity index is 2.35. The number of hydroxylamine groups is 2. The molecule has 68 valence electrons. The van der Waals surface area contributed by atoms with Gasteiger partial charge in [-0.3, -0.25) is 9.63 Å². The fourth-order valence-corrected chi connectivity index (χ4v) is 0.924. The van der Waals surface area contributed by atoms with Crippen LogP contribution in [0.4, 0.5) is 0 Å². The van der Waals surface area contributed by atoms with Crippen molar-refractivity contribution >= 4 is 11.9 Å². The lowest BCUT2D eigenvalue weighted by Crippen LogP contribution is -2.67. The molecule has 1 aliphatic rings. The van der Waals surface area contributed by atoms with Crippen LogP contribution in [0.5, 0.6) is 0 Å². The van der Waals surface area contributed by atoms with E-state index in [0.717, 1.165) is 5.06 Å². The molecule has 0 radical (unpaired) electrons. The molecule has 1 heterocycles. The summed E-state index contributed by atoms with van der Waals surface area (Å²) in [4.78, 5) is 25.6. The van der Waals surface area contributed by atoms with Crippen LogP contribution >= 0.6 is 0 Å². The second-order valence-corrected chi connectivity index (χ2v) is 2.60. The predicted molar refractivity (Wildman–Crippen MR) is 37.9 cm³/mol. The zero-order valence-corrected chi connectivity index (χ0v) is 6.56. The van der Waals surface area contributed by atoms with Crippen molar-refractivity contribution in [1.29, 1.82) is 0 Å². The number of carboxylic acid groups (broad SMARTS) is 1. The molecule has 6 nitrogen and oxygen atoms in total. The number of carboxylic acids is 1. The average molecular weight is 174 g/mol. The summed E-state index contributed by atoms with van der Waals surface area (Å²) in [7, 11) is 0. The molecule has 0 unspecified atom stereocenters. The molecule has 0 bridgehead atoms. The maximum atomic E-state index is 10.9. The van der Waals surface area contributed by atoms with E-state index in [-0.39, 0.29) is 11.9 Å². The van der Waals surface area contributed by atoms with Crippen LogP contribution in [0.2, 0.25) is 0 Å². The SMILES string of the molecule is C[C@@H]1[C@H](N)C(=O)N1OCC(=O)O. The summed E-state index contributed by atoms with van der Waals surface area (Å²) < 4.78 is 0. The number of carbonyl (C=O) groups excluding carboxylic acids is 1. The quantitative estimate of drug-likeness (QED) is 0.511. The third-order valence-corrected chi connectivity index (χ3v) is 1.72. The molecule has 6 heteroatoms. The Hall–Kier alpha value is -1.14. The molecule has 0 aliphatic carbocycles. The molecule has 1 amide bonds. The third kappa shape index (κ3) is 1.39. The number of aliphatic carboxylic acids is 1. The van der Waals surface area contributed by atoms with E-state index in [9.17, 15) is 9.59 Å². The van der Waals surface area contributed by atoms with E-state index in [1.165, 1.54) is 0 Å². The molecule has 1 rings (SSSR count). The Labute approximate surface area is 68.8 Å². The first-order valence-corrected chi connectivity index (χ1v) is 3.47. The molecule has 1 saturated heterocycles. The lowest BCUT2D eigenvalue weighted by atomic mass is 10.0. The highest BCUT2D eigenvalue weighted by atomic mass is 16.7. The van der Waals surface area contributed by atoms with Crippen molar-refractivity contribution in [3.8, 4) is 0 Å². The lowest BCUT2D eigenvalue weighted by Gasteiger charge is -2.41. The van der Waals surface area contributed by atoms with Gasteiger partial charge in [0.05, 0.1) is 6.04 Å². The molecule has 1 aliphatic heterocycles. The number of β-lactam (4-membered cyclic amide) rings is 1. The highest BCUT2D eigenvalue weighted by Crippen LogP contribution is 2.17. The second-order valence-electron chi connectivity index (χ2n) is 2.60. The summed E-state index contributed by atoms with van der Waals surface area (Å²) in [5.41, 5.74) is 5.34. The van der Waals surface area contributed by atoms with E-state index in [0.29, 0.717) is 0 Å². The van der Waals surface area contributed by atoms with Crippen molar-refractivity contribution in [2.24, 2.45) is 5.73 Å². The predicted octanol–water partition coefficient (Wildman–Crippen LogP) is -1.44. The summed E-state index contributed by atoms with van der Waals surface area (Å²) in [5.74, 6) is -1.49. The molecule has 1 fully saturated rings. The number of nitrogens with zero attached hydrogens (tertiary/aromatic N) is 1. The Morgan fingerprint density at radius 1 is 1.83 bits per heavy atom. The fraction of sp³-hybridized carbons (Fsp3) is 0.667. The van der Waals surface area contributed by atoms with Crippen LogP contribution in [0.15, 0.2) is 0 Å². The van der Waals surface area contributed by atoms with Crippen molar-refractivity contribution in [3.63, 3.8) is 0 Å². The van der Waals surface area contributed by atoms with Gasteiger partial charge >= 0.3 is 5.97 Å². The van der Waals surface area contributed by atoms with Crippen LogP contribution in [-0.4, -0.2) is 40.7 Å². The zero-order valence-electron chi connectivity index (χ0n) is 6.56. The van der Waals surface area contributed by atoms with Crippen LogP contribution in [0.3, 0.4) is 0 Å². The molecular formula is C6H10N2O4. The molecular weight excluding hydrogens is 164 g/mol. The minimum Gasteiger partial charge on any atom is -0.479 e. The number of nitrogens with two attached hydrogens (primary N) is 1. The van der Waals surface area contributed by atoms with Crippen LogP contribution in [0.25, 0.3) is 0 Å². The normalized spacial score (nSPS) is 28.5. The minimum atomic E-state index is -1.12. The number of hydrogen-bond donors (Lipinski definition) is 2. The van der Waals surface area contributed by atoms with Crippen molar-refractivity contribution in [2.75, 3.05) is 6.61 Å². The van der Waals surface area contributed by atoms with Crippen molar-refractivity contribution in [3.05, 3.63) is 0 Å². The van der Waals surface area contributed by atoms with Gasteiger partial charge in [0.2, 0.25) is 0 Å². The first kappa shape index (κ1) is 8.95. The second kappa shape index (κ2) is 3.08. The van der Waals surface area contributed by atoms with Gasteiger partial charge in [0.25, 0.3) is 5.91 Å². The summed E-state index contributed by atoms with van der Waals surface area (Å²) in [6.07, 6.45) is 0. The molecule has 3 N–H and O–H groups in total. The average Bonchev–Trinajstić information content (AvgIpc) is 2.03. The van der Waals surface area contributed by atoms with Gasteiger partial charge < -0.3 is 10.8 Å². The van der Waals surface area contributed by atoms with Gasteiger partial charge in [0.15, 0.2) is 6.61 Å².